The number of nitrogens with one attached hydrogen (secondary N) is 3. The topological polar surface area (TPSA) is 63.4 Å². The lowest BCUT2D eigenvalue weighted by Gasteiger charge is -2.32. The number of anilines is 1. The van der Waals surface area contributed by atoms with Gasteiger partial charge in [0.15, 0.2) is 0 Å². The molecule has 0 spiro atoms. The number of fused-ring (bicyclic) bond motifs is 2. The fraction of sp³-hybridized carbons (Fsp3) is 0.500. The van der Waals surface area contributed by atoms with Gasteiger partial charge in [-0.3, -0.25) is 9.52 Å². The summed E-state index contributed by atoms with van der Waals surface area (Å²) in [6, 6.07) is 6.15. The van der Waals surface area contributed by atoms with Gasteiger partial charge in [-0.15, -0.1) is 0 Å². The molecule has 33 heavy (non-hydrogen) atoms. The lowest BCUT2D eigenvalue weighted by Crippen LogP contribution is -2.44. The number of carbonyl (C=O) groups is 1. The molecule has 0 atom stereocenters. The van der Waals surface area contributed by atoms with Crippen LogP contribution in [0.5, 0.6) is 0 Å². The number of carbonyl (C=O) groups excluding carboxylic acids is 1. The highest BCUT2D eigenvalue weighted by Gasteiger charge is 2.26. The summed E-state index contributed by atoms with van der Waals surface area (Å²) in [5.41, 5.74) is 8.15. The average Bonchev–Trinajstić information content (AvgIpc) is 3.32. The van der Waals surface area contributed by atoms with Gasteiger partial charge in [-0.05, 0) is 107 Å². The molecule has 176 valence electrons. The molecule has 1 aromatic heterocycles. The molecule has 2 aromatic rings. The standard InChI is InChI=1S/C26H35N5OS/c1-27-33-18-9-10-24-21(16-18)22(26(32)29-24)17-25-20(19-6-3-4-8-23(19)28-25)7-5-11-31-14-12-30(2)13-15-31/h9-10,16-17,27-28H,3-8,11-15H2,1-2H3,(H,29,32)/b22-17-. The highest BCUT2D eigenvalue weighted by molar-refractivity contribution is 7.97. The smallest absolute Gasteiger partial charge is 0.256 e. The van der Waals surface area contributed by atoms with Crippen LogP contribution in [0.1, 0.15) is 47.3 Å². The lowest BCUT2D eigenvalue weighted by atomic mass is 9.92. The van der Waals surface area contributed by atoms with Crippen LogP contribution in [-0.2, 0) is 24.1 Å². The van der Waals surface area contributed by atoms with Crippen LogP contribution in [0.25, 0.3) is 11.6 Å². The van der Waals surface area contributed by atoms with Gasteiger partial charge in [0.05, 0.1) is 5.57 Å². The first-order chi connectivity index (χ1) is 16.1. The van der Waals surface area contributed by atoms with E-state index in [1.165, 1.54) is 55.8 Å². The Bertz CT molecular complexity index is 1050. The van der Waals surface area contributed by atoms with Crippen molar-refractivity contribution in [3.05, 3.63) is 46.3 Å². The molecule has 1 aromatic carbocycles. The van der Waals surface area contributed by atoms with Crippen molar-refractivity contribution in [3.8, 4) is 0 Å². The summed E-state index contributed by atoms with van der Waals surface area (Å²) in [4.78, 5) is 22.7. The van der Waals surface area contributed by atoms with E-state index in [9.17, 15) is 4.79 Å². The number of piperazine rings is 1. The van der Waals surface area contributed by atoms with Crippen LogP contribution >= 0.6 is 11.9 Å². The van der Waals surface area contributed by atoms with Crippen molar-refractivity contribution in [1.29, 1.82) is 0 Å². The molecule has 0 radical (unpaired) electrons. The Labute approximate surface area is 201 Å². The van der Waals surface area contributed by atoms with Crippen molar-refractivity contribution in [2.24, 2.45) is 0 Å². The van der Waals surface area contributed by atoms with E-state index in [1.807, 2.05) is 19.2 Å². The molecule has 0 saturated carbocycles. The van der Waals surface area contributed by atoms with Gasteiger partial charge in [0.1, 0.15) is 0 Å². The largest absolute Gasteiger partial charge is 0.358 e. The molecule has 0 bridgehead atoms. The zero-order valence-corrected chi connectivity index (χ0v) is 20.6. The third-order valence-electron chi connectivity index (χ3n) is 7.22. The number of amides is 1. The van der Waals surface area contributed by atoms with E-state index >= 15 is 0 Å². The Hall–Kier alpha value is -2.06. The van der Waals surface area contributed by atoms with Crippen LogP contribution in [0, 0.1) is 0 Å². The molecule has 1 amide bonds. The normalized spacial score (nSPS) is 20.2. The zero-order valence-electron chi connectivity index (χ0n) is 19.8. The molecule has 1 aliphatic carbocycles. The number of hydrogen-bond donors (Lipinski definition) is 3. The molecular weight excluding hydrogens is 430 g/mol. The number of aryl methyl sites for hydroxylation is 1. The summed E-state index contributed by atoms with van der Waals surface area (Å²) in [6.45, 7) is 5.82. The highest BCUT2D eigenvalue weighted by atomic mass is 32.2. The van der Waals surface area contributed by atoms with Crippen molar-refractivity contribution in [3.63, 3.8) is 0 Å². The van der Waals surface area contributed by atoms with Crippen LogP contribution < -0.4 is 10.0 Å². The molecule has 2 aliphatic heterocycles. The van der Waals surface area contributed by atoms with E-state index in [0.717, 1.165) is 59.6 Å². The molecule has 0 unspecified atom stereocenters. The van der Waals surface area contributed by atoms with E-state index in [-0.39, 0.29) is 5.91 Å². The minimum absolute atomic E-state index is 0.00688. The van der Waals surface area contributed by atoms with E-state index in [0.29, 0.717) is 0 Å². The molecule has 3 aliphatic rings. The number of aromatic amines is 1. The maximum atomic E-state index is 12.9. The summed E-state index contributed by atoms with van der Waals surface area (Å²) >= 11 is 1.57. The number of nitrogens with zero attached hydrogens (tertiary/aromatic N) is 2. The van der Waals surface area contributed by atoms with Crippen LogP contribution in [-0.4, -0.2) is 67.5 Å². The molecule has 3 heterocycles. The predicted octanol–water partition coefficient (Wildman–Crippen LogP) is 3.79. The molecule has 3 N–H and O–H groups in total. The molecule has 1 fully saturated rings. The minimum atomic E-state index is -0.00688. The maximum absolute atomic E-state index is 12.9. The van der Waals surface area contributed by atoms with Crippen molar-refractivity contribution < 1.29 is 4.79 Å². The van der Waals surface area contributed by atoms with Gasteiger partial charge >= 0.3 is 0 Å². The molecule has 6 nitrogen and oxygen atoms in total. The molecular formula is C26H35N5OS. The average molecular weight is 466 g/mol. The first kappa shape index (κ1) is 22.7. The van der Waals surface area contributed by atoms with Crippen LogP contribution in [0.3, 0.4) is 0 Å². The third kappa shape index (κ3) is 4.92. The van der Waals surface area contributed by atoms with Gasteiger partial charge < -0.3 is 20.1 Å². The van der Waals surface area contributed by atoms with E-state index in [4.69, 9.17) is 0 Å². The maximum Gasteiger partial charge on any atom is 0.256 e. The van der Waals surface area contributed by atoms with Crippen LogP contribution in [0.4, 0.5) is 5.69 Å². The fourth-order valence-corrected chi connectivity index (χ4v) is 5.92. The highest BCUT2D eigenvalue weighted by Crippen LogP contribution is 2.37. The minimum Gasteiger partial charge on any atom is -0.358 e. The Kier molecular flexibility index (Phi) is 6.92. The van der Waals surface area contributed by atoms with Crippen molar-refractivity contribution in [2.45, 2.75) is 43.4 Å². The summed E-state index contributed by atoms with van der Waals surface area (Å²) in [7, 11) is 4.12. The first-order valence-corrected chi connectivity index (χ1v) is 13.1. The summed E-state index contributed by atoms with van der Waals surface area (Å²) in [6.07, 6.45) is 9.13. The monoisotopic (exact) mass is 465 g/mol. The second-order valence-corrected chi connectivity index (χ2v) is 10.5. The quantitative estimate of drug-likeness (QED) is 0.429. The van der Waals surface area contributed by atoms with Crippen molar-refractivity contribution in [2.75, 3.05) is 52.1 Å². The van der Waals surface area contributed by atoms with Crippen LogP contribution in [0.15, 0.2) is 23.1 Å². The van der Waals surface area contributed by atoms with Gasteiger partial charge in [0, 0.05) is 53.7 Å². The van der Waals surface area contributed by atoms with Crippen LogP contribution in [0.2, 0.25) is 0 Å². The first-order valence-electron chi connectivity index (χ1n) is 12.3. The van der Waals surface area contributed by atoms with Gasteiger partial charge in [-0.25, -0.2) is 0 Å². The Balaban J connectivity index is 1.40. The van der Waals surface area contributed by atoms with Gasteiger partial charge in [0.2, 0.25) is 0 Å². The number of rotatable bonds is 7. The van der Waals surface area contributed by atoms with Gasteiger partial charge in [-0.2, -0.15) is 0 Å². The molecule has 5 rings (SSSR count). The number of H-pyrrole nitrogens is 1. The van der Waals surface area contributed by atoms with Crippen molar-refractivity contribution >= 4 is 35.2 Å². The van der Waals surface area contributed by atoms with E-state index in [2.05, 4.69) is 44.0 Å². The summed E-state index contributed by atoms with van der Waals surface area (Å²) in [5.74, 6) is -0.00688. The Morgan fingerprint density at radius 3 is 2.79 bits per heavy atom. The number of likely N-dealkylation sites (N-methyl/N-ethyl adjacent to an activating group) is 1. The molecule has 7 heteroatoms. The third-order valence-corrected chi connectivity index (χ3v) is 7.92. The Morgan fingerprint density at radius 2 is 1.97 bits per heavy atom. The second-order valence-electron chi connectivity index (χ2n) is 9.46. The number of aromatic nitrogens is 1. The lowest BCUT2D eigenvalue weighted by molar-refractivity contribution is -0.110. The Morgan fingerprint density at radius 1 is 1.15 bits per heavy atom. The SMILES string of the molecule is CNSc1ccc2c(c1)/C(=C/c1[nH]c3c(c1CCCN1CCN(C)CC1)CCCC3)C(=O)N2. The number of hydrogen-bond acceptors (Lipinski definition) is 5. The van der Waals surface area contributed by atoms with Gasteiger partial charge in [0.25, 0.3) is 5.91 Å². The number of benzene rings is 1. The zero-order chi connectivity index (χ0) is 22.8. The summed E-state index contributed by atoms with van der Waals surface area (Å²) < 4.78 is 3.12. The van der Waals surface area contributed by atoms with Gasteiger partial charge in [-0.1, -0.05) is 0 Å². The summed E-state index contributed by atoms with van der Waals surface area (Å²) in [5, 5.41) is 3.05. The van der Waals surface area contributed by atoms with Crippen molar-refractivity contribution in [1.82, 2.24) is 19.5 Å². The predicted molar refractivity (Wildman–Crippen MR) is 138 cm³/mol. The molecule has 1 saturated heterocycles. The van der Waals surface area contributed by atoms with E-state index in [1.54, 1.807) is 11.9 Å². The fourth-order valence-electron chi connectivity index (χ4n) is 5.37. The second kappa shape index (κ2) is 10.1. The van der Waals surface area contributed by atoms with E-state index < -0.39 is 0 Å².